The first-order chi connectivity index (χ1) is 12.5. The van der Waals surface area contributed by atoms with Crippen LogP contribution in [0.5, 0.6) is 0 Å². The summed E-state index contributed by atoms with van der Waals surface area (Å²) in [5.74, 6) is -0.387. The van der Waals surface area contributed by atoms with Crippen LogP contribution in [0.15, 0.2) is 24.3 Å². The van der Waals surface area contributed by atoms with Gasteiger partial charge in [-0.3, -0.25) is 14.5 Å². The van der Waals surface area contributed by atoms with Crippen LogP contribution in [0, 0.1) is 22.7 Å². The van der Waals surface area contributed by atoms with Gasteiger partial charge in [0.1, 0.15) is 0 Å². The zero-order chi connectivity index (χ0) is 19.4. The van der Waals surface area contributed by atoms with Crippen molar-refractivity contribution in [2.24, 2.45) is 0 Å². The van der Waals surface area contributed by atoms with Crippen LogP contribution in [-0.4, -0.2) is 54.8 Å². The molecule has 0 bridgehead atoms. The molecule has 1 rings (SSSR count). The molecule has 0 unspecified atom stereocenters. The minimum absolute atomic E-state index is 0.0553. The van der Waals surface area contributed by atoms with Crippen molar-refractivity contribution in [3.05, 3.63) is 29.8 Å². The summed E-state index contributed by atoms with van der Waals surface area (Å²) in [6.45, 7) is 2.74. The standard InChI is InChI=1S/C19H25N5O2/c1-3-16-8-4-5-9-17(16)22-18(25)14-23(2)15-19(26)24(12-6-10-20)13-7-11-21/h4-5,8-9H,3,6-7,12-15H2,1-2H3,(H,22,25). The molecule has 0 fully saturated rings. The summed E-state index contributed by atoms with van der Waals surface area (Å²) in [6, 6.07) is 11.6. The van der Waals surface area contributed by atoms with E-state index < -0.39 is 0 Å². The largest absolute Gasteiger partial charge is 0.340 e. The molecule has 0 radical (unpaired) electrons. The van der Waals surface area contributed by atoms with Crippen molar-refractivity contribution in [2.75, 3.05) is 38.5 Å². The number of hydrogen-bond donors (Lipinski definition) is 1. The van der Waals surface area contributed by atoms with E-state index >= 15 is 0 Å². The number of rotatable bonds is 10. The molecule has 0 aliphatic carbocycles. The van der Waals surface area contributed by atoms with E-state index in [0.29, 0.717) is 13.1 Å². The lowest BCUT2D eigenvalue weighted by Crippen LogP contribution is -2.42. The fourth-order valence-electron chi connectivity index (χ4n) is 2.50. The molecule has 0 aliphatic heterocycles. The molecule has 138 valence electrons. The Bertz CT molecular complexity index is 672. The van der Waals surface area contributed by atoms with E-state index in [9.17, 15) is 9.59 Å². The van der Waals surface area contributed by atoms with Gasteiger partial charge in [-0.15, -0.1) is 0 Å². The molecule has 26 heavy (non-hydrogen) atoms. The number of nitrogens with one attached hydrogen (secondary N) is 1. The van der Waals surface area contributed by atoms with E-state index in [0.717, 1.165) is 17.7 Å². The van der Waals surface area contributed by atoms with Gasteiger partial charge in [0.2, 0.25) is 11.8 Å². The zero-order valence-corrected chi connectivity index (χ0v) is 15.4. The number of anilines is 1. The zero-order valence-electron chi connectivity index (χ0n) is 15.4. The Hall–Kier alpha value is -2.90. The van der Waals surface area contributed by atoms with Crippen LogP contribution >= 0.6 is 0 Å². The smallest absolute Gasteiger partial charge is 0.238 e. The summed E-state index contributed by atoms with van der Waals surface area (Å²) >= 11 is 0. The van der Waals surface area contributed by atoms with Gasteiger partial charge < -0.3 is 10.2 Å². The van der Waals surface area contributed by atoms with Crippen LogP contribution in [0.2, 0.25) is 0 Å². The first-order valence-corrected chi connectivity index (χ1v) is 8.59. The van der Waals surface area contributed by atoms with Crippen molar-refractivity contribution in [2.45, 2.75) is 26.2 Å². The number of carbonyl (C=O) groups excluding carboxylic acids is 2. The maximum atomic E-state index is 12.3. The highest BCUT2D eigenvalue weighted by Gasteiger charge is 2.17. The van der Waals surface area contributed by atoms with Crippen LogP contribution in [0.1, 0.15) is 25.3 Å². The molecule has 7 heteroatoms. The number of amides is 2. The highest BCUT2D eigenvalue weighted by atomic mass is 16.2. The molecule has 2 amide bonds. The van der Waals surface area contributed by atoms with Crippen molar-refractivity contribution < 1.29 is 9.59 Å². The Balaban J connectivity index is 2.56. The molecule has 0 heterocycles. The molecule has 1 N–H and O–H groups in total. The lowest BCUT2D eigenvalue weighted by atomic mass is 10.1. The van der Waals surface area contributed by atoms with Gasteiger partial charge in [0.05, 0.1) is 38.1 Å². The fourth-order valence-corrected chi connectivity index (χ4v) is 2.50. The highest BCUT2D eigenvalue weighted by Crippen LogP contribution is 2.15. The predicted octanol–water partition coefficient (Wildman–Crippen LogP) is 1.78. The van der Waals surface area contributed by atoms with Crippen LogP contribution in [0.4, 0.5) is 5.69 Å². The third kappa shape index (κ3) is 7.33. The van der Waals surface area contributed by atoms with Crippen LogP contribution < -0.4 is 5.32 Å². The van der Waals surface area contributed by atoms with Crippen molar-refractivity contribution >= 4 is 17.5 Å². The molecule has 1 aromatic rings. The van der Waals surface area contributed by atoms with Gasteiger partial charge in [-0.05, 0) is 25.1 Å². The average molecular weight is 355 g/mol. The third-order valence-electron chi connectivity index (χ3n) is 3.83. The number of benzene rings is 1. The van der Waals surface area contributed by atoms with Crippen molar-refractivity contribution in [1.29, 1.82) is 10.5 Å². The molecule has 0 atom stereocenters. The molecule has 0 saturated carbocycles. The van der Waals surface area contributed by atoms with Crippen molar-refractivity contribution in [3.8, 4) is 12.1 Å². The number of hydrogen-bond acceptors (Lipinski definition) is 5. The van der Waals surface area contributed by atoms with E-state index in [-0.39, 0.29) is 37.7 Å². The van der Waals surface area contributed by atoms with Crippen LogP contribution in [0.25, 0.3) is 0 Å². The second kappa shape index (κ2) is 11.6. The van der Waals surface area contributed by atoms with E-state index in [2.05, 4.69) is 5.32 Å². The Morgan fingerprint density at radius 1 is 1.08 bits per heavy atom. The van der Waals surface area contributed by atoms with E-state index in [4.69, 9.17) is 10.5 Å². The maximum Gasteiger partial charge on any atom is 0.238 e. The van der Waals surface area contributed by atoms with E-state index in [1.54, 1.807) is 11.9 Å². The van der Waals surface area contributed by atoms with Gasteiger partial charge >= 0.3 is 0 Å². The first-order valence-electron chi connectivity index (χ1n) is 8.59. The summed E-state index contributed by atoms with van der Waals surface area (Å²) in [5, 5.41) is 20.3. The summed E-state index contributed by atoms with van der Waals surface area (Å²) in [5.41, 5.74) is 1.84. The van der Waals surface area contributed by atoms with Crippen LogP contribution in [-0.2, 0) is 16.0 Å². The predicted molar refractivity (Wildman–Crippen MR) is 99.0 cm³/mol. The summed E-state index contributed by atoms with van der Waals surface area (Å²) in [6.07, 6.45) is 1.25. The van der Waals surface area contributed by atoms with Crippen molar-refractivity contribution in [1.82, 2.24) is 9.80 Å². The van der Waals surface area contributed by atoms with Crippen LogP contribution in [0.3, 0.4) is 0 Å². The fraction of sp³-hybridized carbons (Fsp3) is 0.474. The summed E-state index contributed by atoms with van der Waals surface area (Å²) in [7, 11) is 1.69. The van der Waals surface area contributed by atoms with Gasteiger partial charge in [0.25, 0.3) is 0 Å². The Kier molecular flexibility index (Phi) is 9.45. The maximum absolute atomic E-state index is 12.3. The minimum Gasteiger partial charge on any atom is -0.340 e. The topological polar surface area (TPSA) is 100 Å². The third-order valence-corrected chi connectivity index (χ3v) is 3.83. The van der Waals surface area contributed by atoms with Gasteiger partial charge in [-0.1, -0.05) is 25.1 Å². The van der Waals surface area contributed by atoms with E-state index in [1.807, 2.05) is 43.3 Å². The highest BCUT2D eigenvalue weighted by molar-refractivity contribution is 5.93. The molecule has 0 aliphatic rings. The van der Waals surface area contributed by atoms with Gasteiger partial charge in [0, 0.05) is 18.8 Å². The Labute approximate surface area is 154 Å². The van der Waals surface area contributed by atoms with Gasteiger partial charge in [0.15, 0.2) is 0 Å². The Morgan fingerprint density at radius 2 is 1.69 bits per heavy atom. The molecule has 0 aromatic heterocycles. The number of nitriles is 2. The van der Waals surface area contributed by atoms with Crippen molar-refractivity contribution in [3.63, 3.8) is 0 Å². The summed E-state index contributed by atoms with van der Waals surface area (Å²) in [4.78, 5) is 27.7. The second-order valence-electron chi connectivity index (χ2n) is 5.93. The molecule has 0 spiro atoms. The Morgan fingerprint density at radius 3 is 2.27 bits per heavy atom. The van der Waals surface area contributed by atoms with Gasteiger partial charge in [-0.25, -0.2) is 0 Å². The number of nitrogens with zero attached hydrogens (tertiary/aromatic N) is 4. The number of aryl methyl sites for hydroxylation is 1. The SMILES string of the molecule is CCc1ccccc1NC(=O)CN(C)CC(=O)N(CCC#N)CCC#N. The molecular weight excluding hydrogens is 330 g/mol. The first kappa shape index (κ1) is 21.1. The summed E-state index contributed by atoms with van der Waals surface area (Å²) < 4.78 is 0. The number of likely N-dealkylation sites (N-methyl/N-ethyl adjacent to an activating group) is 1. The second-order valence-corrected chi connectivity index (χ2v) is 5.93. The van der Waals surface area contributed by atoms with E-state index in [1.165, 1.54) is 4.90 Å². The number of carbonyl (C=O) groups is 2. The monoisotopic (exact) mass is 355 g/mol. The molecule has 0 saturated heterocycles. The normalized spacial score (nSPS) is 10.0. The number of para-hydroxylation sites is 1. The lowest BCUT2D eigenvalue weighted by molar-refractivity contribution is -0.132. The van der Waals surface area contributed by atoms with Gasteiger partial charge in [-0.2, -0.15) is 10.5 Å². The lowest BCUT2D eigenvalue weighted by Gasteiger charge is -2.24. The molecular formula is C19H25N5O2. The quantitative estimate of drug-likeness (QED) is 0.689. The molecule has 1 aromatic carbocycles. The average Bonchev–Trinajstić information content (AvgIpc) is 2.61. The minimum atomic E-state index is -0.195. The molecule has 7 nitrogen and oxygen atoms in total.